The van der Waals surface area contributed by atoms with E-state index in [2.05, 4.69) is 31.0 Å². The summed E-state index contributed by atoms with van der Waals surface area (Å²) in [5.74, 6) is -0.874. The van der Waals surface area contributed by atoms with E-state index in [-0.39, 0.29) is 0 Å². The van der Waals surface area contributed by atoms with Crippen LogP contribution in [0.1, 0.15) is 46.0 Å². The number of aromatic nitrogens is 2. The van der Waals surface area contributed by atoms with Crippen LogP contribution in [-0.4, -0.2) is 33.2 Å². The molecular weight excluding hydrogens is 380 g/mol. The van der Waals surface area contributed by atoms with Crippen LogP contribution in [0.2, 0.25) is 0 Å². The minimum Gasteiger partial charge on any atom is -0.267 e. The van der Waals surface area contributed by atoms with E-state index in [9.17, 15) is 9.59 Å². The molecule has 0 aliphatic rings. The van der Waals surface area contributed by atoms with Crippen LogP contribution in [0.3, 0.4) is 0 Å². The van der Waals surface area contributed by atoms with Crippen LogP contribution in [0, 0.1) is 0 Å². The number of carbonyl (C=O) groups excluding carboxylic acids is 2. The van der Waals surface area contributed by atoms with E-state index in [4.69, 9.17) is 0 Å². The van der Waals surface area contributed by atoms with Crippen molar-refractivity contribution in [2.45, 2.75) is 13.8 Å². The number of rotatable bonds is 6. The Morgan fingerprint density at radius 2 is 1.17 bits per heavy atom. The van der Waals surface area contributed by atoms with Crippen molar-refractivity contribution in [1.29, 1.82) is 0 Å². The second-order valence-electron chi connectivity index (χ2n) is 6.29. The van der Waals surface area contributed by atoms with Gasteiger partial charge >= 0.3 is 0 Å². The summed E-state index contributed by atoms with van der Waals surface area (Å²) in [7, 11) is 0. The molecular formula is C22H20N6O2. The minimum absolute atomic E-state index is 0.297. The molecule has 0 unspecified atom stereocenters. The predicted molar refractivity (Wildman–Crippen MR) is 114 cm³/mol. The first-order valence-corrected chi connectivity index (χ1v) is 9.17. The zero-order chi connectivity index (χ0) is 21.3. The maximum Gasteiger partial charge on any atom is 0.271 e. The summed E-state index contributed by atoms with van der Waals surface area (Å²) in [6.07, 6.45) is 3.30. The van der Waals surface area contributed by atoms with Gasteiger partial charge in [0.05, 0.1) is 22.8 Å². The lowest BCUT2D eigenvalue weighted by molar-refractivity contribution is 0.0954. The number of nitrogens with zero attached hydrogens (tertiary/aromatic N) is 4. The molecule has 3 rings (SSSR count). The molecule has 0 saturated heterocycles. The molecule has 0 atom stereocenters. The highest BCUT2D eigenvalue weighted by Gasteiger charge is 2.11. The van der Waals surface area contributed by atoms with Crippen molar-refractivity contribution in [1.82, 2.24) is 20.8 Å². The molecule has 8 heteroatoms. The molecule has 0 aliphatic heterocycles. The molecule has 0 bridgehead atoms. The van der Waals surface area contributed by atoms with Crippen molar-refractivity contribution in [2.75, 3.05) is 0 Å². The molecule has 0 saturated carbocycles. The zero-order valence-corrected chi connectivity index (χ0v) is 16.5. The van der Waals surface area contributed by atoms with E-state index in [0.29, 0.717) is 33.9 Å². The first-order valence-electron chi connectivity index (χ1n) is 9.17. The van der Waals surface area contributed by atoms with E-state index in [1.807, 2.05) is 12.1 Å². The second-order valence-corrected chi connectivity index (χ2v) is 6.29. The fraction of sp³-hybridized carbons (Fsp3) is 0.0909. The Kier molecular flexibility index (Phi) is 6.73. The average Bonchev–Trinajstić information content (AvgIpc) is 2.81. The molecule has 0 radical (unpaired) electrons. The Morgan fingerprint density at radius 1 is 0.700 bits per heavy atom. The van der Waals surface area contributed by atoms with Crippen molar-refractivity contribution in [3.8, 4) is 0 Å². The Bertz CT molecular complexity index is 1010. The number of nitrogens with one attached hydrogen (secondary N) is 2. The SMILES string of the molecule is C/C(=N\NC(=O)c1cccc(C(=O)N/N=C(\C)c2ccccn2)c1)c1ccccn1. The van der Waals surface area contributed by atoms with Crippen LogP contribution in [0.4, 0.5) is 0 Å². The van der Waals surface area contributed by atoms with E-state index < -0.39 is 11.8 Å². The topological polar surface area (TPSA) is 109 Å². The van der Waals surface area contributed by atoms with Crippen LogP contribution < -0.4 is 10.9 Å². The molecule has 30 heavy (non-hydrogen) atoms. The minimum atomic E-state index is -0.437. The number of amides is 2. The lowest BCUT2D eigenvalue weighted by Crippen LogP contribution is -2.22. The van der Waals surface area contributed by atoms with Gasteiger partial charge in [-0.25, -0.2) is 10.9 Å². The molecule has 2 aromatic heterocycles. The van der Waals surface area contributed by atoms with Gasteiger partial charge in [-0.2, -0.15) is 10.2 Å². The highest BCUT2D eigenvalue weighted by molar-refractivity contribution is 6.02. The third kappa shape index (κ3) is 5.41. The number of pyridine rings is 2. The summed E-state index contributed by atoms with van der Waals surface area (Å²) in [5, 5.41) is 8.13. The van der Waals surface area contributed by atoms with E-state index in [1.165, 1.54) is 6.07 Å². The standard InChI is InChI=1S/C22H20N6O2/c1-15(19-10-3-5-12-23-19)25-27-21(29)17-8-7-9-18(14-17)22(30)28-26-16(2)20-11-4-6-13-24-20/h3-14H,1-2H3,(H,27,29)(H,28,30)/b25-15+,26-16+. The van der Waals surface area contributed by atoms with Gasteiger partial charge in [0.15, 0.2) is 0 Å². The van der Waals surface area contributed by atoms with Gasteiger partial charge in [-0.05, 0) is 56.3 Å². The predicted octanol–water partition coefficient (Wildman–Crippen LogP) is 2.78. The molecule has 1 aromatic carbocycles. The molecule has 2 heterocycles. The lowest BCUT2D eigenvalue weighted by Gasteiger charge is -2.05. The monoisotopic (exact) mass is 400 g/mol. The quantitative estimate of drug-likeness (QED) is 0.490. The molecule has 8 nitrogen and oxygen atoms in total. The van der Waals surface area contributed by atoms with Crippen LogP contribution in [0.25, 0.3) is 0 Å². The molecule has 0 spiro atoms. The normalized spacial score (nSPS) is 11.7. The van der Waals surface area contributed by atoms with Crippen LogP contribution in [0.15, 0.2) is 83.3 Å². The first-order chi connectivity index (χ1) is 14.5. The van der Waals surface area contributed by atoms with Crippen molar-refractivity contribution in [3.63, 3.8) is 0 Å². The van der Waals surface area contributed by atoms with Gasteiger partial charge in [-0.1, -0.05) is 18.2 Å². The Hall–Kier alpha value is -4.20. The van der Waals surface area contributed by atoms with Gasteiger partial charge in [0, 0.05) is 23.5 Å². The average molecular weight is 400 g/mol. The van der Waals surface area contributed by atoms with Crippen LogP contribution in [0.5, 0.6) is 0 Å². The second kappa shape index (κ2) is 9.83. The van der Waals surface area contributed by atoms with Crippen molar-refractivity contribution in [2.24, 2.45) is 10.2 Å². The Morgan fingerprint density at radius 3 is 1.57 bits per heavy atom. The number of benzene rings is 1. The number of hydrazone groups is 2. The number of hydrogen-bond donors (Lipinski definition) is 2. The summed E-state index contributed by atoms with van der Waals surface area (Å²) < 4.78 is 0. The molecule has 2 N–H and O–H groups in total. The van der Waals surface area contributed by atoms with Gasteiger partial charge < -0.3 is 0 Å². The van der Waals surface area contributed by atoms with Crippen LogP contribution >= 0.6 is 0 Å². The van der Waals surface area contributed by atoms with Crippen LogP contribution in [-0.2, 0) is 0 Å². The summed E-state index contributed by atoms with van der Waals surface area (Å²) in [4.78, 5) is 33.1. The lowest BCUT2D eigenvalue weighted by atomic mass is 10.1. The maximum absolute atomic E-state index is 12.4. The summed E-state index contributed by atoms with van der Waals surface area (Å²) >= 11 is 0. The maximum atomic E-state index is 12.4. The molecule has 3 aromatic rings. The summed E-state index contributed by atoms with van der Waals surface area (Å²) in [5.41, 5.74) is 8.00. The third-order valence-electron chi connectivity index (χ3n) is 4.11. The van der Waals surface area contributed by atoms with Crippen molar-refractivity contribution >= 4 is 23.2 Å². The van der Waals surface area contributed by atoms with Crippen molar-refractivity contribution in [3.05, 3.63) is 95.6 Å². The van der Waals surface area contributed by atoms with Gasteiger partial charge in [0.25, 0.3) is 11.8 Å². The van der Waals surface area contributed by atoms with Gasteiger partial charge in [-0.3, -0.25) is 19.6 Å². The highest BCUT2D eigenvalue weighted by atomic mass is 16.2. The van der Waals surface area contributed by atoms with Gasteiger partial charge in [0.2, 0.25) is 0 Å². The van der Waals surface area contributed by atoms with Gasteiger partial charge in [-0.15, -0.1) is 0 Å². The Balaban J connectivity index is 1.66. The van der Waals surface area contributed by atoms with Crippen molar-refractivity contribution < 1.29 is 9.59 Å². The summed E-state index contributed by atoms with van der Waals surface area (Å²) in [6, 6.07) is 17.2. The Labute approximate surface area is 173 Å². The van der Waals surface area contributed by atoms with Gasteiger partial charge in [0.1, 0.15) is 0 Å². The van der Waals surface area contributed by atoms with E-state index in [0.717, 1.165) is 0 Å². The summed E-state index contributed by atoms with van der Waals surface area (Å²) in [6.45, 7) is 3.49. The fourth-order valence-corrected chi connectivity index (χ4v) is 2.47. The molecule has 150 valence electrons. The molecule has 2 amide bonds. The number of hydrogen-bond acceptors (Lipinski definition) is 6. The number of carbonyl (C=O) groups is 2. The molecule has 0 aliphatic carbocycles. The third-order valence-corrected chi connectivity index (χ3v) is 4.11. The smallest absolute Gasteiger partial charge is 0.267 e. The fourth-order valence-electron chi connectivity index (χ4n) is 2.47. The largest absolute Gasteiger partial charge is 0.271 e. The van der Waals surface area contributed by atoms with E-state index in [1.54, 1.807) is 68.7 Å². The first kappa shape index (κ1) is 20.5. The highest BCUT2D eigenvalue weighted by Crippen LogP contribution is 2.06. The molecule has 0 fully saturated rings. The zero-order valence-electron chi connectivity index (χ0n) is 16.5. The van der Waals surface area contributed by atoms with E-state index >= 15 is 0 Å².